The molecule has 0 aliphatic carbocycles. The van der Waals surface area contributed by atoms with E-state index in [-0.39, 0.29) is 6.79 Å². The van der Waals surface area contributed by atoms with Gasteiger partial charge in [-0.25, -0.2) is 9.97 Å². The first-order valence-corrected chi connectivity index (χ1v) is 8.66. The van der Waals surface area contributed by atoms with Crippen molar-refractivity contribution in [2.75, 3.05) is 6.79 Å². The summed E-state index contributed by atoms with van der Waals surface area (Å²) in [4.78, 5) is 10.8. The van der Waals surface area contributed by atoms with Crippen LogP contribution in [-0.4, -0.2) is 16.8 Å². The van der Waals surface area contributed by atoms with Crippen LogP contribution in [0.4, 0.5) is 0 Å². The van der Waals surface area contributed by atoms with E-state index in [4.69, 9.17) is 14.2 Å². The van der Waals surface area contributed by atoms with Gasteiger partial charge < -0.3 is 14.2 Å². The minimum atomic E-state index is 0.256. The van der Waals surface area contributed by atoms with Gasteiger partial charge in [-0.15, -0.1) is 11.3 Å². The van der Waals surface area contributed by atoms with Crippen molar-refractivity contribution in [1.82, 2.24) is 9.97 Å². The fourth-order valence-electron chi connectivity index (χ4n) is 2.48. The van der Waals surface area contributed by atoms with E-state index in [9.17, 15) is 0 Å². The Hall–Kier alpha value is -1.86. The van der Waals surface area contributed by atoms with Crippen molar-refractivity contribution in [3.8, 4) is 17.4 Å². The second kappa shape index (κ2) is 5.65. The minimum absolute atomic E-state index is 0.256. The monoisotopic (exact) mass is 392 g/mol. The molecule has 23 heavy (non-hydrogen) atoms. The molecule has 2 aromatic heterocycles. The first-order valence-electron chi connectivity index (χ1n) is 7.05. The van der Waals surface area contributed by atoms with Gasteiger partial charge in [-0.3, -0.25) is 0 Å². The third-order valence-corrected chi connectivity index (χ3v) is 5.69. The Balaban J connectivity index is 1.65. The largest absolute Gasteiger partial charge is 0.472 e. The number of benzene rings is 1. The lowest BCUT2D eigenvalue weighted by Gasteiger charge is -2.09. The molecule has 4 rings (SSSR count). The lowest BCUT2D eigenvalue weighted by molar-refractivity contribution is 0.174. The van der Waals surface area contributed by atoms with Gasteiger partial charge in [0.25, 0.3) is 0 Å². The number of hydrogen-bond acceptors (Lipinski definition) is 6. The number of rotatable bonds is 3. The first-order chi connectivity index (χ1) is 11.1. The highest BCUT2D eigenvalue weighted by Gasteiger charge is 2.18. The Kier molecular flexibility index (Phi) is 3.61. The van der Waals surface area contributed by atoms with Crippen LogP contribution >= 0.6 is 27.3 Å². The zero-order chi connectivity index (χ0) is 16.0. The molecule has 0 saturated carbocycles. The van der Waals surface area contributed by atoms with E-state index in [2.05, 4.69) is 39.7 Å². The summed E-state index contributed by atoms with van der Waals surface area (Å²) in [6.45, 7) is 4.80. The Bertz CT molecular complexity index is 910. The smallest absolute Gasteiger partial charge is 0.231 e. The van der Waals surface area contributed by atoms with Gasteiger partial charge in [-0.1, -0.05) is 15.9 Å². The van der Waals surface area contributed by atoms with E-state index in [1.54, 1.807) is 17.7 Å². The maximum absolute atomic E-state index is 5.97. The summed E-state index contributed by atoms with van der Waals surface area (Å²) < 4.78 is 17.7. The van der Waals surface area contributed by atoms with Gasteiger partial charge in [0.15, 0.2) is 11.5 Å². The summed E-state index contributed by atoms with van der Waals surface area (Å²) in [5.41, 5.74) is 2.15. The molecular weight excluding hydrogens is 380 g/mol. The number of fused-ring (bicyclic) bond motifs is 2. The van der Waals surface area contributed by atoms with Crippen LogP contribution < -0.4 is 14.2 Å². The highest BCUT2D eigenvalue weighted by atomic mass is 79.9. The number of ether oxygens (including phenoxy) is 3. The SMILES string of the molecule is Cc1sc2ncnc(OCc3cc4c(cc3Br)OCO4)c2c1C. The summed E-state index contributed by atoms with van der Waals surface area (Å²) >= 11 is 5.20. The van der Waals surface area contributed by atoms with Crippen molar-refractivity contribution in [3.05, 3.63) is 38.9 Å². The molecule has 0 atom stereocenters. The van der Waals surface area contributed by atoms with Gasteiger partial charge >= 0.3 is 0 Å². The second-order valence-electron chi connectivity index (χ2n) is 5.23. The zero-order valence-corrected chi connectivity index (χ0v) is 15.0. The number of thiophene rings is 1. The summed E-state index contributed by atoms with van der Waals surface area (Å²) in [6.07, 6.45) is 1.54. The van der Waals surface area contributed by atoms with Crippen LogP contribution in [0.2, 0.25) is 0 Å². The van der Waals surface area contributed by atoms with E-state index in [0.717, 1.165) is 31.8 Å². The molecule has 7 heteroatoms. The predicted octanol–water partition coefficient (Wildman–Crippen LogP) is 4.38. The van der Waals surface area contributed by atoms with Gasteiger partial charge in [-0.05, 0) is 31.5 Å². The van der Waals surface area contributed by atoms with E-state index >= 15 is 0 Å². The number of aryl methyl sites for hydroxylation is 2. The van der Waals surface area contributed by atoms with Crippen molar-refractivity contribution in [2.24, 2.45) is 0 Å². The molecule has 0 unspecified atom stereocenters. The fraction of sp³-hybridized carbons (Fsp3) is 0.250. The third kappa shape index (κ3) is 2.53. The molecular formula is C16H13BrN2O3S. The summed E-state index contributed by atoms with van der Waals surface area (Å²) in [5, 5.41) is 0.992. The minimum Gasteiger partial charge on any atom is -0.472 e. The molecule has 0 N–H and O–H groups in total. The van der Waals surface area contributed by atoms with Gasteiger partial charge in [0.2, 0.25) is 12.7 Å². The van der Waals surface area contributed by atoms with Crippen LogP contribution in [0.25, 0.3) is 10.2 Å². The van der Waals surface area contributed by atoms with E-state index in [1.165, 1.54) is 10.4 Å². The molecule has 0 saturated heterocycles. The maximum atomic E-state index is 5.97. The van der Waals surface area contributed by atoms with Gasteiger partial charge in [-0.2, -0.15) is 0 Å². The highest BCUT2D eigenvalue weighted by molar-refractivity contribution is 9.10. The van der Waals surface area contributed by atoms with Crippen LogP contribution in [0.1, 0.15) is 16.0 Å². The molecule has 0 amide bonds. The first kappa shape index (κ1) is 14.7. The summed E-state index contributed by atoms with van der Waals surface area (Å²) in [7, 11) is 0. The zero-order valence-electron chi connectivity index (χ0n) is 12.6. The van der Waals surface area contributed by atoms with Crippen molar-refractivity contribution >= 4 is 37.5 Å². The van der Waals surface area contributed by atoms with Crippen molar-refractivity contribution < 1.29 is 14.2 Å². The van der Waals surface area contributed by atoms with E-state index in [1.807, 2.05) is 12.1 Å². The number of aromatic nitrogens is 2. The maximum Gasteiger partial charge on any atom is 0.231 e. The Morgan fingerprint density at radius 3 is 2.83 bits per heavy atom. The molecule has 118 valence electrons. The summed E-state index contributed by atoms with van der Waals surface area (Å²) in [5.74, 6) is 2.10. The van der Waals surface area contributed by atoms with Crippen LogP contribution in [0.5, 0.6) is 17.4 Å². The molecule has 5 nitrogen and oxygen atoms in total. The van der Waals surface area contributed by atoms with Gasteiger partial charge in [0.1, 0.15) is 17.8 Å². The Morgan fingerprint density at radius 1 is 1.22 bits per heavy atom. The number of halogens is 1. The molecule has 1 aromatic carbocycles. The lowest BCUT2D eigenvalue weighted by atomic mass is 10.2. The number of nitrogens with zero attached hydrogens (tertiary/aromatic N) is 2. The van der Waals surface area contributed by atoms with Crippen LogP contribution in [0, 0.1) is 13.8 Å². The Labute approximate surface area is 145 Å². The number of hydrogen-bond donors (Lipinski definition) is 0. The van der Waals surface area contributed by atoms with E-state index < -0.39 is 0 Å². The third-order valence-electron chi connectivity index (χ3n) is 3.84. The standard InChI is InChI=1S/C16H13BrN2O3S/c1-8-9(2)23-16-14(8)15(18-6-19-16)20-5-10-3-12-13(4-11(10)17)22-7-21-12/h3-4,6H,5,7H2,1-2H3. The molecule has 0 spiro atoms. The fourth-order valence-corrected chi connectivity index (χ4v) is 3.90. The van der Waals surface area contributed by atoms with Crippen molar-refractivity contribution in [1.29, 1.82) is 0 Å². The molecule has 0 radical (unpaired) electrons. The second-order valence-corrected chi connectivity index (χ2v) is 7.29. The van der Waals surface area contributed by atoms with E-state index in [0.29, 0.717) is 12.5 Å². The quantitative estimate of drug-likeness (QED) is 0.661. The predicted molar refractivity (Wildman–Crippen MR) is 91.5 cm³/mol. The highest BCUT2D eigenvalue weighted by Crippen LogP contribution is 2.38. The van der Waals surface area contributed by atoms with Gasteiger partial charge in [0, 0.05) is 14.9 Å². The average Bonchev–Trinajstić information content (AvgIpc) is 3.10. The van der Waals surface area contributed by atoms with Crippen molar-refractivity contribution in [2.45, 2.75) is 20.5 Å². The summed E-state index contributed by atoms with van der Waals surface area (Å²) in [6, 6.07) is 3.83. The van der Waals surface area contributed by atoms with Gasteiger partial charge in [0.05, 0.1) is 5.39 Å². The average molecular weight is 393 g/mol. The Morgan fingerprint density at radius 2 is 2.00 bits per heavy atom. The normalized spacial score (nSPS) is 12.8. The van der Waals surface area contributed by atoms with Crippen LogP contribution in [0.3, 0.4) is 0 Å². The van der Waals surface area contributed by atoms with Crippen LogP contribution in [-0.2, 0) is 6.61 Å². The van der Waals surface area contributed by atoms with Crippen molar-refractivity contribution in [3.63, 3.8) is 0 Å². The van der Waals surface area contributed by atoms with Crippen LogP contribution in [0.15, 0.2) is 22.9 Å². The molecule has 1 aliphatic rings. The molecule has 0 fully saturated rings. The molecule has 1 aliphatic heterocycles. The molecule has 0 bridgehead atoms. The molecule has 3 heterocycles. The topological polar surface area (TPSA) is 53.5 Å². The lowest BCUT2D eigenvalue weighted by Crippen LogP contribution is -1.99. The molecule has 3 aromatic rings.